The molecular weight excluding hydrogens is 320 g/mol. The molecule has 0 unspecified atom stereocenters. The summed E-state index contributed by atoms with van der Waals surface area (Å²) in [5.74, 6) is 2.40. The summed E-state index contributed by atoms with van der Waals surface area (Å²) in [5, 5.41) is 6.67. The monoisotopic (exact) mass is 348 g/mol. The van der Waals surface area contributed by atoms with E-state index in [-0.39, 0.29) is 17.6 Å². The second-order valence-corrected chi connectivity index (χ2v) is 8.26. The first-order valence-corrected chi connectivity index (χ1v) is 10.0. The largest absolute Gasteiger partial charge is 0.374 e. The lowest BCUT2D eigenvalue weighted by atomic mass is 9.89. The van der Waals surface area contributed by atoms with Crippen LogP contribution >= 0.6 is 11.8 Å². The Balaban J connectivity index is 1.47. The van der Waals surface area contributed by atoms with E-state index in [0.717, 1.165) is 42.9 Å². The maximum atomic E-state index is 12.3. The van der Waals surface area contributed by atoms with Gasteiger partial charge in [0.05, 0.1) is 5.60 Å². The van der Waals surface area contributed by atoms with Crippen LogP contribution in [0.4, 0.5) is 5.69 Å². The van der Waals surface area contributed by atoms with Crippen molar-refractivity contribution in [1.29, 1.82) is 0 Å². The van der Waals surface area contributed by atoms with Crippen LogP contribution < -0.4 is 10.6 Å². The summed E-state index contributed by atoms with van der Waals surface area (Å²) in [6.45, 7) is 4.95. The first kappa shape index (κ1) is 17.8. The Hall–Kier alpha value is -1.04. The zero-order valence-corrected chi connectivity index (χ0v) is 15.5. The van der Waals surface area contributed by atoms with Gasteiger partial charge < -0.3 is 15.4 Å². The molecule has 4 nitrogen and oxygen atoms in total. The number of nitrogens with one attached hydrogen (secondary N) is 2. The molecule has 3 atom stereocenters. The number of amides is 1. The second kappa shape index (κ2) is 7.89. The topological polar surface area (TPSA) is 50.4 Å². The molecule has 5 heteroatoms. The highest BCUT2D eigenvalue weighted by Gasteiger charge is 2.40. The Morgan fingerprint density at radius 2 is 2.29 bits per heavy atom. The molecule has 0 aromatic heterocycles. The van der Waals surface area contributed by atoms with E-state index >= 15 is 0 Å². The standard InChI is InChI=1S/C19H28N2O2S/c1-14-5-3-4-6-17(14)21-18(22)11-15(2)20-16-7-9-23-19(12-16)8-10-24-13-19/h3-6,15-16,20H,7-13H2,1-2H3,(H,21,22)/t15-,16+,19+/m0/s1. The third-order valence-electron chi connectivity index (χ3n) is 4.99. The van der Waals surface area contributed by atoms with Crippen molar-refractivity contribution in [3.05, 3.63) is 29.8 Å². The number of rotatable bonds is 5. The SMILES string of the molecule is Cc1ccccc1NC(=O)C[C@H](C)N[C@@H]1CCO[C@]2(CCSC2)C1. The molecule has 132 valence electrons. The van der Waals surface area contributed by atoms with Gasteiger partial charge in [-0.05, 0) is 50.5 Å². The fraction of sp³-hybridized carbons (Fsp3) is 0.632. The Bertz CT molecular complexity index is 572. The van der Waals surface area contributed by atoms with Gasteiger partial charge in [0.2, 0.25) is 5.91 Å². The predicted molar refractivity (Wildman–Crippen MR) is 101 cm³/mol. The zero-order valence-electron chi connectivity index (χ0n) is 14.6. The predicted octanol–water partition coefficient (Wildman–Crippen LogP) is 3.36. The van der Waals surface area contributed by atoms with Crippen LogP contribution in [0.5, 0.6) is 0 Å². The molecule has 1 aromatic carbocycles. The molecule has 0 bridgehead atoms. The van der Waals surface area contributed by atoms with E-state index in [1.165, 1.54) is 5.75 Å². The molecule has 0 saturated carbocycles. The zero-order chi connectivity index (χ0) is 17.0. The van der Waals surface area contributed by atoms with Gasteiger partial charge in [-0.3, -0.25) is 4.79 Å². The lowest BCUT2D eigenvalue weighted by Gasteiger charge is -2.39. The number of benzene rings is 1. The summed E-state index contributed by atoms with van der Waals surface area (Å²) in [6.07, 6.45) is 3.77. The van der Waals surface area contributed by atoms with Gasteiger partial charge >= 0.3 is 0 Å². The normalized spacial score (nSPS) is 28.0. The molecule has 1 aromatic rings. The van der Waals surface area contributed by atoms with E-state index in [2.05, 4.69) is 17.6 Å². The number of thioether (sulfide) groups is 1. The number of para-hydroxylation sites is 1. The Morgan fingerprint density at radius 1 is 1.46 bits per heavy atom. The average Bonchev–Trinajstić information content (AvgIpc) is 2.97. The highest BCUT2D eigenvalue weighted by molar-refractivity contribution is 7.99. The van der Waals surface area contributed by atoms with Crippen molar-refractivity contribution >= 4 is 23.4 Å². The van der Waals surface area contributed by atoms with Gasteiger partial charge in [-0.25, -0.2) is 0 Å². The summed E-state index contributed by atoms with van der Waals surface area (Å²) in [4.78, 5) is 12.3. The minimum absolute atomic E-state index is 0.0718. The highest BCUT2D eigenvalue weighted by atomic mass is 32.2. The molecule has 2 fully saturated rings. The van der Waals surface area contributed by atoms with Gasteiger partial charge in [-0.2, -0.15) is 11.8 Å². The van der Waals surface area contributed by atoms with Crippen LogP contribution in [0.1, 0.15) is 38.2 Å². The smallest absolute Gasteiger partial charge is 0.225 e. The molecule has 2 saturated heterocycles. The summed E-state index contributed by atoms with van der Waals surface area (Å²) in [6, 6.07) is 8.52. The number of hydrogen-bond acceptors (Lipinski definition) is 4. The van der Waals surface area contributed by atoms with Crippen molar-refractivity contribution in [3.8, 4) is 0 Å². The van der Waals surface area contributed by atoms with Crippen LogP contribution in [-0.2, 0) is 9.53 Å². The van der Waals surface area contributed by atoms with Crippen LogP contribution in [-0.4, -0.2) is 41.7 Å². The third kappa shape index (κ3) is 4.52. The Kier molecular flexibility index (Phi) is 5.85. The van der Waals surface area contributed by atoms with Crippen molar-refractivity contribution in [2.24, 2.45) is 0 Å². The summed E-state index contributed by atoms with van der Waals surface area (Å²) in [5.41, 5.74) is 2.09. The van der Waals surface area contributed by atoms with Gasteiger partial charge in [0.1, 0.15) is 0 Å². The van der Waals surface area contributed by atoms with Crippen LogP contribution in [0.3, 0.4) is 0 Å². The van der Waals surface area contributed by atoms with E-state index < -0.39 is 0 Å². The number of hydrogen-bond donors (Lipinski definition) is 2. The van der Waals surface area contributed by atoms with Crippen LogP contribution in [0.2, 0.25) is 0 Å². The lowest BCUT2D eigenvalue weighted by molar-refractivity contribution is -0.116. The number of ether oxygens (including phenoxy) is 1. The molecule has 2 aliphatic rings. The van der Waals surface area contributed by atoms with Gasteiger partial charge in [0, 0.05) is 36.6 Å². The second-order valence-electron chi connectivity index (χ2n) is 7.16. The molecule has 1 amide bonds. The minimum Gasteiger partial charge on any atom is -0.374 e. The lowest BCUT2D eigenvalue weighted by Crippen LogP contribution is -2.49. The fourth-order valence-corrected chi connectivity index (χ4v) is 5.07. The first-order valence-electron chi connectivity index (χ1n) is 8.90. The van der Waals surface area contributed by atoms with Crippen molar-refractivity contribution in [2.45, 2.75) is 57.2 Å². The van der Waals surface area contributed by atoms with Crippen molar-refractivity contribution in [1.82, 2.24) is 5.32 Å². The number of carbonyl (C=O) groups is 1. The van der Waals surface area contributed by atoms with Gasteiger partial charge in [0.15, 0.2) is 0 Å². The van der Waals surface area contributed by atoms with Crippen LogP contribution in [0.25, 0.3) is 0 Å². The van der Waals surface area contributed by atoms with Crippen LogP contribution in [0, 0.1) is 6.92 Å². The van der Waals surface area contributed by atoms with Crippen molar-refractivity contribution in [3.63, 3.8) is 0 Å². The molecule has 24 heavy (non-hydrogen) atoms. The number of carbonyl (C=O) groups excluding carboxylic acids is 1. The average molecular weight is 349 g/mol. The number of aryl methyl sites for hydroxylation is 1. The minimum atomic E-state index is 0.0718. The molecule has 1 spiro atoms. The van der Waals surface area contributed by atoms with Crippen LogP contribution in [0.15, 0.2) is 24.3 Å². The van der Waals surface area contributed by atoms with Gasteiger partial charge in [-0.1, -0.05) is 18.2 Å². The molecule has 2 heterocycles. The van der Waals surface area contributed by atoms with Gasteiger partial charge in [-0.15, -0.1) is 0 Å². The Morgan fingerprint density at radius 3 is 3.04 bits per heavy atom. The Labute approximate surface area is 149 Å². The molecular formula is C19H28N2O2S. The maximum Gasteiger partial charge on any atom is 0.225 e. The summed E-state index contributed by atoms with van der Waals surface area (Å²) >= 11 is 2.00. The summed E-state index contributed by atoms with van der Waals surface area (Å²) < 4.78 is 6.07. The van der Waals surface area contributed by atoms with E-state index in [1.54, 1.807) is 0 Å². The van der Waals surface area contributed by atoms with E-state index in [4.69, 9.17) is 4.74 Å². The fourth-order valence-electron chi connectivity index (χ4n) is 3.69. The first-order chi connectivity index (χ1) is 11.6. The summed E-state index contributed by atoms with van der Waals surface area (Å²) in [7, 11) is 0. The molecule has 2 aliphatic heterocycles. The molecule has 3 rings (SSSR count). The highest BCUT2D eigenvalue weighted by Crippen LogP contribution is 2.38. The van der Waals surface area contributed by atoms with Gasteiger partial charge in [0.25, 0.3) is 0 Å². The quantitative estimate of drug-likeness (QED) is 0.857. The van der Waals surface area contributed by atoms with Crippen molar-refractivity contribution in [2.75, 3.05) is 23.4 Å². The van der Waals surface area contributed by atoms with E-state index in [1.807, 2.05) is 43.0 Å². The number of anilines is 1. The van der Waals surface area contributed by atoms with E-state index in [9.17, 15) is 4.79 Å². The maximum absolute atomic E-state index is 12.3. The molecule has 0 aliphatic carbocycles. The third-order valence-corrected chi connectivity index (χ3v) is 6.21. The van der Waals surface area contributed by atoms with E-state index in [0.29, 0.717) is 12.5 Å². The molecule has 2 N–H and O–H groups in total. The molecule has 0 radical (unpaired) electrons. The van der Waals surface area contributed by atoms with Crippen molar-refractivity contribution < 1.29 is 9.53 Å².